The standard InChI is InChI=1S/C16H22N6O3S/c1-11(23)18-12-6-8-13(9-7-12)26(24,25)20-14-10-17-16(22(4)5)19-15(14)21(2)3/h6-10,20H,1-5H3,(H,18,23). The molecule has 0 fully saturated rings. The fourth-order valence-corrected chi connectivity index (χ4v) is 3.16. The molecule has 1 amide bonds. The van der Waals surface area contributed by atoms with Gasteiger partial charge in [0.1, 0.15) is 5.69 Å². The number of sulfonamides is 1. The van der Waals surface area contributed by atoms with Crippen LogP contribution in [0.4, 0.5) is 23.1 Å². The van der Waals surface area contributed by atoms with Crippen molar-refractivity contribution in [3.63, 3.8) is 0 Å². The predicted molar refractivity (Wildman–Crippen MR) is 102 cm³/mol. The zero-order valence-corrected chi connectivity index (χ0v) is 16.1. The van der Waals surface area contributed by atoms with Gasteiger partial charge in [-0.3, -0.25) is 9.52 Å². The molecule has 1 aromatic carbocycles. The first-order chi connectivity index (χ1) is 12.1. The van der Waals surface area contributed by atoms with Gasteiger partial charge in [0.25, 0.3) is 10.0 Å². The van der Waals surface area contributed by atoms with Crippen molar-refractivity contribution in [3.8, 4) is 0 Å². The zero-order valence-electron chi connectivity index (χ0n) is 15.3. The zero-order chi connectivity index (χ0) is 19.5. The van der Waals surface area contributed by atoms with Crippen LogP contribution in [-0.2, 0) is 14.8 Å². The fourth-order valence-electron chi connectivity index (χ4n) is 2.12. The highest BCUT2D eigenvalue weighted by atomic mass is 32.2. The molecule has 140 valence electrons. The van der Waals surface area contributed by atoms with Crippen molar-refractivity contribution in [1.29, 1.82) is 0 Å². The molecule has 1 aromatic heterocycles. The van der Waals surface area contributed by atoms with Crippen LogP contribution in [-0.4, -0.2) is 52.5 Å². The lowest BCUT2D eigenvalue weighted by Crippen LogP contribution is -2.21. The number of nitrogens with zero attached hydrogens (tertiary/aromatic N) is 4. The van der Waals surface area contributed by atoms with E-state index in [1.807, 2.05) is 0 Å². The first-order valence-electron chi connectivity index (χ1n) is 7.72. The molecule has 26 heavy (non-hydrogen) atoms. The van der Waals surface area contributed by atoms with E-state index in [0.717, 1.165) is 0 Å². The number of nitrogens with one attached hydrogen (secondary N) is 2. The Morgan fingerprint density at radius 3 is 2.15 bits per heavy atom. The molecule has 2 aromatic rings. The van der Waals surface area contributed by atoms with E-state index in [0.29, 0.717) is 17.5 Å². The summed E-state index contributed by atoms with van der Waals surface area (Å²) in [6, 6.07) is 5.87. The Bertz CT molecular complexity index is 895. The second-order valence-electron chi connectivity index (χ2n) is 6.01. The number of hydrogen-bond donors (Lipinski definition) is 2. The summed E-state index contributed by atoms with van der Waals surface area (Å²) in [6.07, 6.45) is 1.43. The predicted octanol–water partition coefficient (Wildman–Crippen LogP) is 1.37. The summed E-state index contributed by atoms with van der Waals surface area (Å²) in [7, 11) is 3.30. The maximum absolute atomic E-state index is 12.6. The summed E-state index contributed by atoms with van der Waals surface area (Å²) in [4.78, 5) is 23.1. The van der Waals surface area contributed by atoms with Crippen molar-refractivity contribution < 1.29 is 13.2 Å². The molecule has 2 N–H and O–H groups in total. The van der Waals surface area contributed by atoms with E-state index in [2.05, 4.69) is 20.0 Å². The number of benzene rings is 1. The normalized spacial score (nSPS) is 11.0. The van der Waals surface area contributed by atoms with Crippen molar-refractivity contribution in [1.82, 2.24) is 9.97 Å². The van der Waals surface area contributed by atoms with Crippen LogP contribution in [0.5, 0.6) is 0 Å². The third-order valence-electron chi connectivity index (χ3n) is 3.31. The smallest absolute Gasteiger partial charge is 0.262 e. The van der Waals surface area contributed by atoms with E-state index in [9.17, 15) is 13.2 Å². The monoisotopic (exact) mass is 378 g/mol. The molecule has 0 spiro atoms. The SMILES string of the molecule is CC(=O)Nc1ccc(S(=O)(=O)Nc2cnc(N(C)C)nc2N(C)C)cc1. The molecule has 10 heteroatoms. The maximum atomic E-state index is 12.6. The molecule has 0 atom stereocenters. The van der Waals surface area contributed by atoms with Gasteiger partial charge >= 0.3 is 0 Å². The molecular weight excluding hydrogens is 356 g/mol. The molecule has 1 heterocycles. The number of rotatable bonds is 6. The lowest BCUT2D eigenvalue weighted by atomic mass is 10.3. The van der Waals surface area contributed by atoms with Gasteiger partial charge in [-0.15, -0.1) is 0 Å². The topological polar surface area (TPSA) is 108 Å². The van der Waals surface area contributed by atoms with Gasteiger partial charge in [-0.05, 0) is 24.3 Å². The molecule has 2 rings (SSSR count). The Kier molecular flexibility index (Phi) is 5.66. The first kappa shape index (κ1) is 19.4. The number of hydrogen-bond acceptors (Lipinski definition) is 7. The fraction of sp³-hybridized carbons (Fsp3) is 0.312. The lowest BCUT2D eigenvalue weighted by molar-refractivity contribution is -0.114. The van der Waals surface area contributed by atoms with Crippen LogP contribution in [0.1, 0.15) is 6.92 Å². The maximum Gasteiger partial charge on any atom is 0.262 e. The van der Waals surface area contributed by atoms with Gasteiger partial charge in [0.15, 0.2) is 5.82 Å². The molecule has 0 saturated carbocycles. The van der Waals surface area contributed by atoms with Crippen molar-refractivity contribution >= 4 is 39.1 Å². The Hall–Kier alpha value is -2.88. The number of carbonyl (C=O) groups excluding carboxylic acids is 1. The van der Waals surface area contributed by atoms with Gasteiger partial charge in [-0.1, -0.05) is 0 Å². The van der Waals surface area contributed by atoms with Crippen LogP contribution in [0.3, 0.4) is 0 Å². The minimum absolute atomic E-state index is 0.0630. The molecule has 0 aliphatic carbocycles. The molecular formula is C16H22N6O3S. The molecule has 0 radical (unpaired) electrons. The molecule has 0 aliphatic rings. The van der Waals surface area contributed by atoms with Crippen LogP contribution < -0.4 is 19.8 Å². The van der Waals surface area contributed by atoms with Crippen molar-refractivity contribution in [2.75, 3.05) is 48.0 Å². The van der Waals surface area contributed by atoms with Crippen molar-refractivity contribution in [3.05, 3.63) is 30.5 Å². The molecule has 9 nitrogen and oxygen atoms in total. The Morgan fingerprint density at radius 1 is 1.04 bits per heavy atom. The second kappa shape index (κ2) is 7.56. The Morgan fingerprint density at radius 2 is 1.65 bits per heavy atom. The van der Waals surface area contributed by atoms with E-state index >= 15 is 0 Å². The van der Waals surface area contributed by atoms with Gasteiger partial charge in [0, 0.05) is 40.8 Å². The van der Waals surface area contributed by atoms with Gasteiger partial charge in [0.2, 0.25) is 11.9 Å². The summed E-state index contributed by atoms with van der Waals surface area (Å²) in [5, 5.41) is 2.59. The van der Waals surface area contributed by atoms with Crippen molar-refractivity contribution in [2.45, 2.75) is 11.8 Å². The van der Waals surface area contributed by atoms with E-state index < -0.39 is 10.0 Å². The number of carbonyl (C=O) groups is 1. The molecule has 0 bridgehead atoms. The quantitative estimate of drug-likeness (QED) is 0.781. The number of anilines is 4. The Labute approximate surface area is 153 Å². The van der Waals surface area contributed by atoms with Crippen LogP contribution >= 0.6 is 0 Å². The van der Waals surface area contributed by atoms with Crippen LogP contribution in [0.25, 0.3) is 0 Å². The summed E-state index contributed by atoms with van der Waals surface area (Å²) >= 11 is 0. The largest absolute Gasteiger partial charge is 0.361 e. The second-order valence-corrected chi connectivity index (χ2v) is 7.69. The number of amides is 1. The summed E-state index contributed by atoms with van der Waals surface area (Å²) < 4.78 is 27.8. The highest BCUT2D eigenvalue weighted by Gasteiger charge is 2.19. The van der Waals surface area contributed by atoms with Gasteiger partial charge in [0.05, 0.1) is 11.1 Å². The van der Waals surface area contributed by atoms with E-state index in [1.54, 1.807) is 38.0 Å². The Balaban J connectivity index is 2.32. The molecule has 0 aliphatic heterocycles. The lowest BCUT2D eigenvalue weighted by Gasteiger charge is -2.19. The van der Waals surface area contributed by atoms with Crippen LogP contribution in [0.15, 0.2) is 35.4 Å². The highest BCUT2D eigenvalue weighted by molar-refractivity contribution is 7.92. The summed E-state index contributed by atoms with van der Waals surface area (Å²) in [5.41, 5.74) is 0.788. The highest BCUT2D eigenvalue weighted by Crippen LogP contribution is 2.26. The van der Waals surface area contributed by atoms with Crippen molar-refractivity contribution in [2.24, 2.45) is 0 Å². The minimum Gasteiger partial charge on any atom is -0.361 e. The first-order valence-corrected chi connectivity index (χ1v) is 9.20. The molecule has 0 saturated heterocycles. The summed E-state index contributed by atoms with van der Waals surface area (Å²) in [6.45, 7) is 1.38. The van der Waals surface area contributed by atoms with Crippen LogP contribution in [0, 0.1) is 0 Å². The van der Waals surface area contributed by atoms with E-state index in [-0.39, 0.29) is 16.5 Å². The van der Waals surface area contributed by atoms with Gasteiger partial charge < -0.3 is 15.1 Å². The molecule has 0 unspecified atom stereocenters. The van der Waals surface area contributed by atoms with E-state index in [4.69, 9.17) is 0 Å². The number of aromatic nitrogens is 2. The summed E-state index contributed by atoms with van der Waals surface area (Å²) in [5.74, 6) is 0.686. The van der Waals surface area contributed by atoms with Gasteiger partial charge in [-0.2, -0.15) is 4.98 Å². The average Bonchev–Trinajstić information content (AvgIpc) is 2.54. The average molecular weight is 378 g/mol. The van der Waals surface area contributed by atoms with E-state index in [1.165, 1.54) is 37.4 Å². The van der Waals surface area contributed by atoms with Crippen LogP contribution in [0.2, 0.25) is 0 Å². The third-order valence-corrected chi connectivity index (χ3v) is 4.69. The van der Waals surface area contributed by atoms with Gasteiger partial charge in [-0.25, -0.2) is 13.4 Å². The minimum atomic E-state index is -3.83. The third kappa shape index (κ3) is 4.60.